The zero-order valence-corrected chi connectivity index (χ0v) is 30.2. The molecule has 0 radical (unpaired) electrons. The summed E-state index contributed by atoms with van der Waals surface area (Å²) in [5, 5.41) is 0. The van der Waals surface area contributed by atoms with Gasteiger partial charge in [-0.05, 0) is 38.5 Å². The molecule has 10 heteroatoms. The Morgan fingerprint density at radius 1 is 0.652 bits per heavy atom. The lowest BCUT2D eigenvalue weighted by atomic mass is 10.0. The van der Waals surface area contributed by atoms with E-state index in [1.807, 2.05) is 0 Å². The van der Waals surface area contributed by atoms with E-state index in [0.717, 1.165) is 64.2 Å². The molecular weight excluding hydrogens is 605 g/mol. The van der Waals surface area contributed by atoms with Crippen LogP contribution in [0.1, 0.15) is 162 Å². The summed E-state index contributed by atoms with van der Waals surface area (Å²) in [5.74, 6) is -0.845. The van der Waals surface area contributed by atoms with E-state index in [9.17, 15) is 19.0 Å². The Bertz CT molecular complexity index is 820. The van der Waals surface area contributed by atoms with Gasteiger partial charge in [-0.2, -0.15) is 0 Å². The molecule has 270 valence electrons. The predicted octanol–water partition coefficient (Wildman–Crippen LogP) is 9.66. The third-order valence-corrected chi connectivity index (χ3v) is 8.56. The molecule has 0 aliphatic heterocycles. The van der Waals surface area contributed by atoms with Gasteiger partial charge < -0.3 is 20.1 Å². The Balaban J connectivity index is 4.26. The lowest BCUT2D eigenvalue weighted by molar-refractivity contribution is -0.161. The molecule has 9 nitrogen and oxygen atoms in total. The van der Waals surface area contributed by atoms with Gasteiger partial charge in [-0.1, -0.05) is 134 Å². The predicted molar refractivity (Wildman–Crippen MR) is 187 cm³/mol. The zero-order chi connectivity index (χ0) is 34.0. The maximum absolute atomic E-state index is 12.5. The molecule has 0 aromatic rings. The van der Waals surface area contributed by atoms with Crippen molar-refractivity contribution in [3.05, 3.63) is 24.3 Å². The molecular formula is C36H68NO8P. The molecule has 0 rings (SSSR count). The minimum Gasteiger partial charge on any atom is -0.462 e. The summed E-state index contributed by atoms with van der Waals surface area (Å²) < 4.78 is 32.6. The highest BCUT2D eigenvalue weighted by molar-refractivity contribution is 7.47. The first-order valence-electron chi connectivity index (χ1n) is 18.3. The fraction of sp³-hybridized carbons (Fsp3) is 0.833. The van der Waals surface area contributed by atoms with Gasteiger partial charge in [0.05, 0.1) is 13.2 Å². The van der Waals surface area contributed by atoms with Gasteiger partial charge in [0.25, 0.3) is 0 Å². The Morgan fingerprint density at radius 3 is 1.74 bits per heavy atom. The number of esters is 2. The van der Waals surface area contributed by atoms with Crippen molar-refractivity contribution in [2.75, 3.05) is 26.4 Å². The molecule has 0 aromatic heterocycles. The van der Waals surface area contributed by atoms with E-state index < -0.39 is 26.5 Å². The topological polar surface area (TPSA) is 134 Å². The summed E-state index contributed by atoms with van der Waals surface area (Å²) in [6.45, 7) is 3.63. The first-order chi connectivity index (χ1) is 22.3. The smallest absolute Gasteiger partial charge is 0.462 e. The van der Waals surface area contributed by atoms with E-state index in [0.29, 0.717) is 6.42 Å². The zero-order valence-electron chi connectivity index (χ0n) is 29.3. The number of phosphoric acid groups is 1. The third kappa shape index (κ3) is 32.4. The van der Waals surface area contributed by atoms with Crippen molar-refractivity contribution >= 4 is 19.8 Å². The number of ether oxygens (including phenoxy) is 2. The number of allylic oxidation sites excluding steroid dienone is 4. The lowest BCUT2D eigenvalue weighted by Gasteiger charge is -2.19. The second-order valence-corrected chi connectivity index (χ2v) is 13.5. The number of carbonyl (C=O) groups is 2. The second kappa shape index (κ2) is 33.4. The molecule has 0 fully saturated rings. The average molecular weight is 674 g/mol. The van der Waals surface area contributed by atoms with Crippen LogP contribution in [-0.4, -0.2) is 49.3 Å². The highest BCUT2D eigenvalue weighted by Gasteiger charge is 2.25. The van der Waals surface area contributed by atoms with Crippen molar-refractivity contribution < 1.29 is 37.6 Å². The van der Waals surface area contributed by atoms with Crippen LogP contribution in [0.15, 0.2) is 24.3 Å². The molecule has 0 amide bonds. The molecule has 0 saturated heterocycles. The van der Waals surface area contributed by atoms with Crippen LogP contribution in [0.3, 0.4) is 0 Å². The lowest BCUT2D eigenvalue weighted by Crippen LogP contribution is -2.29. The van der Waals surface area contributed by atoms with Crippen LogP contribution in [0.4, 0.5) is 0 Å². The van der Waals surface area contributed by atoms with Gasteiger partial charge in [0, 0.05) is 19.4 Å². The monoisotopic (exact) mass is 673 g/mol. The Kier molecular flexibility index (Phi) is 32.3. The minimum absolute atomic E-state index is 0.0521. The largest absolute Gasteiger partial charge is 0.472 e. The molecule has 2 atom stereocenters. The first kappa shape index (κ1) is 44.5. The number of hydrogen-bond acceptors (Lipinski definition) is 8. The van der Waals surface area contributed by atoms with E-state index in [1.54, 1.807) is 0 Å². The third-order valence-electron chi connectivity index (χ3n) is 7.57. The fourth-order valence-electron chi connectivity index (χ4n) is 4.85. The highest BCUT2D eigenvalue weighted by Crippen LogP contribution is 2.43. The van der Waals surface area contributed by atoms with E-state index in [4.69, 9.17) is 24.3 Å². The standard InChI is InChI=1S/C36H68NO8P/c1-3-5-7-9-11-13-15-17-19-21-23-25-27-29-36(39)45-34(33-44-46(40,41)43-31-30-37)32-42-35(38)28-26-24-22-20-18-16-14-12-10-8-6-4-2/h7,9,13,15,34H,3-6,8,10-12,14,16-33,37H2,1-2H3,(H,40,41)/b9-7+,15-13+/t34-/m1/s1. The van der Waals surface area contributed by atoms with Crippen LogP contribution in [0, 0.1) is 0 Å². The number of carbonyl (C=O) groups excluding carboxylic acids is 2. The molecule has 0 bridgehead atoms. The van der Waals surface area contributed by atoms with Gasteiger partial charge in [0.1, 0.15) is 6.61 Å². The highest BCUT2D eigenvalue weighted by atomic mass is 31.2. The van der Waals surface area contributed by atoms with Crippen LogP contribution >= 0.6 is 7.82 Å². The van der Waals surface area contributed by atoms with E-state index in [1.165, 1.54) is 64.2 Å². The second-order valence-electron chi connectivity index (χ2n) is 12.1. The van der Waals surface area contributed by atoms with Crippen molar-refractivity contribution in [3.63, 3.8) is 0 Å². The number of rotatable bonds is 34. The van der Waals surface area contributed by atoms with Crippen LogP contribution in [0.2, 0.25) is 0 Å². The van der Waals surface area contributed by atoms with Crippen molar-refractivity contribution in [1.82, 2.24) is 0 Å². The van der Waals surface area contributed by atoms with Gasteiger partial charge in [-0.15, -0.1) is 0 Å². The van der Waals surface area contributed by atoms with E-state index >= 15 is 0 Å². The molecule has 1 unspecified atom stereocenters. The maximum atomic E-state index is 12.5. The number of hydrogen-bond donors (Lipinski definition) is 2. The molecule has 0 saturated carbocycles. The molecule has 46 heavy (non-hydrogen) atoms. The normalized spacial score (nSPS) is 13.7. The Morgan fingerprint density at radius 2 is 1.17 bits per heavy atom. The van der Waals surface area contributed by atoms with Crippen LogP contribution in [-0.2, 0) is 32.7 Å². The van der Waals surface area contributed by atoms with Crippen LogP contribution in [0.5, 0.6) is 0 Å². The van der Waals surface area contributed by atoms with Gasteiger partial charge in [-0.25, -0.2) is 4.57 Å². The molecule has 0 aromatic carbocycles. The Labute approximate surface area is 281 Å². The van der Waals surface area contributed by atoms with Crippen molar-refractivity contribution in [1.29, 1.82) is 0 Å². The quantitative estimate of drug-likeness (QED) is 0.0296. The molecule has 0 aliphatic carbocycles. The van der Waals surface area contributed by atoms with Gasteiger partial charge in [0.15, 0.2) is 6.10 Å². The van der Waals surface area contributed by atoms with Crippen LogP contribution in [0.25, 0.3) is 0 Å². The summed E-state index contributed by atoms with van der Waals surface area (Å²) in [5.41, 5.74) is 5.32. The number of phosphoric ester groups is 1. The summed E-state index contributed by atoms with van der Waals surface area (Å²) in [6.07, 6.45) is 32.0. The van der Waals surface area contributed by atoms with Crippen molar-refractivity contribution in [2.24, 2.45) is 5.73 Å². The summed E-state index contributed by atoms with van der Waals surface area (Å²) in [6, 6.07) is 0. The van der Waals surface area contributed by atoms with Crippen LogP contribution < -0.4 is 5.73 Å². The van der Waals surface area contributed by atoms with E-state index in [-0.39, 0.29) is 38.6 Å². The SMILES string of the molecule is CCC/C=C/C/C=C/CCCCCCCC(=O)O[C@H](COC(=O)CCCCCCCCCCCCCC)COP(=O)(O)OCCN. The number of unbranched alkanes of at least 4 members (excludes halogenated alkanes) is 17. The first-order valence-corrected chi connectivity index (χ1v) is 19.8. The van der Waals surface area contributed by atoms with Gasteiger partial charge in [-0.3, -0.25) is 18.6 Å². The number of nitrogens with two attached hydrogens (primary N) is 1. The van der Waals surface area contributed by atoms with Crippen molar-refractivity contribution in [2.45, 2.75) is 168 Å². The summed E-state index contributed by atoms with van der Waals surface area (Å²) in [7, 11) is -4.37. The van der Waals surface area contributed by atoms with E-state index in [2.05, 4.69) is 38.2 Å². The average Bonchev–Trinajstić information content (AvgIpc) is 3.04. The summed E-state index contributed by atoms with van der Waals surface area (Å²) >= 11 is 0. The van der Waals surface area contributed by atoms with Gasteiger partial charge in [0.2, 0.25) is 0 Å². The molecule has 0 spiro atoms. The molecule has 0 heterocycles. The summed E-state index contributed by atoms with van der Waals surface area (Å²) in [4.78, 5) is 34.6. The molecule has 3 N–H and O–H groups in total. The fourth-order valence-corrected chi connectivity index (χ4v) is 5.61. The minimum atomic E-state index is -4.37. The van der Waals surface area contributed by atoms with Gasteiger partial charge >= 0.3 is 19.8 Å². The van der Waals surface area contributed by atoms with Crippen molar-refractivity contribution in [3.8, 4) is 0 Å². The Hall–Kier alpha value is -1.51. The molecule has 0 aliphatic rings. The maximum Gasteiger partial charge on any atom is 0.472 e.